The van der Waals surface area contributed by atoms with Gasteiger partial charge in [0.05, 0.1) is 4.90 Å². The SMILES string of the molecule is CN=C(NCc1cccc(S(=O)(=O)NC)c1)NCC1(c2ccccc2)CCC1.I. The summed E-state index contributed by atoms with van der Waals surface area (Å²) in [5.41, 5.74) is 2.41. The highest BCUT2D eigenvalue weighted by Crippen LogP contribution is 2.43. The largest absolute Gasteiger partial charge is 0.356 e. The summed E-state index contributed by atoms with van der Waals surface area (Å²) in [5, 5.41) is 6.72. The summed E-state index contributed by atoms with van der Waals surface area (Å²) in [6.45, 7) is 1.32. The van der Waals surface area contributed by atoms with E-state index in [4.69, 9.17) is 0 Å². The van der Waals surface area contributed by atoms with Crippen LogP contribution in [0.25, 0.3) is 0 Å². The fraction of sp³-hybridized carbons (Fsp3) is 0.381. The number of sulfonamides is 1. The van der Waals surface area contributed by atoms with E-state index in [1.165, 1.54) is 31.9 Å². The minimum atomic E-state index is -3.44. The molecule has 1 aliphatic rings. The Kier molecular flexibility index (Phi) is 8.47. The summed E-state index contributed by atoms with van der Waals surface area (Å²) in [7, 11) is -0.289. The van der Waals surface area contributed by atoms with E-state index in [-0.39, 0.29) is 34.3 Å². The quantitative estimate of drug-likeness (QED) is 0.293. The van der Waals surface area contributed by atoms with Crippen LogP contribution in [0.4, 0.5) is 0 Å². The smallest absolute Gasteiger partial charge is 0.240 e. The zero-order chi connectivity index (χ0) is 20.0. The number of benzene rings is 2. The lowest BCUT2D eigenvalue weighted by atomic mass is 9.64. The van der Waals surface area contributed by atoms with Gasteiger partial charge in [0.25, 0.3) is 0 Å². The van der Waals surface area contributed by atoms with Crippen LogP contribution in [-0.4, -0.2) is 35.0 Å². The first-order chi connectivity index (χ1) is 13.5. The topological polar surface area (TPSA) is 82.6 Å². The van der Waals surface area contributed by atoms with Gasteiger partial charge in [-0.15, -0.1) is 24.0 Å². The van der Waals surface area contributed by atoms with Crippen LogP contribution in [-0.2, 0) is 22.0 Å². The monoisotopic (exact) mass is 528 g/mol. The van der Waals surface area contributed by atoms with Crippen molar-refractivity contribution in [1.29, 1.82) is 0 Å². The predicted octanol–water partition coefficient (Wildman–Crippen LogP) is 3.00. The van der Waals surface area contributed by atoms with Crippen LogP contribution in [0, 0.1) is 0 Å². The maximum Gasteiger partial charge on any atom is 0.240 e. The lowest BCUT2D eigenvalue weighted by Crippen LogP contribution is -2.48. The van der Waals surface area contributed by atoms with Crippen molar-refractivity contribution in [3.05, 3.63) is 65.7 Å². The van der Waals surface area contributed by atoms with Crippen LogP contribution >= 0.6 is 24.0 Å². The maximum atomic E-state index is 12.0. The molecule has 0 saturated heterocycles. The summed E-state index contributed by atoms with van der Waals surface area (Å²) in [6.07, 6.45) is 3.59. The molecule has 1 aliphatic carbocycles. The molecule has 0 heterocycles. The van der Waals surface area contributed by atoms with Gasteiger partial charge < -0.3 is 10.6 Å². The molecular weight excluding hydrogens is 499 g/mol. The van der Waals surface area contributed by atoms with Crippen LogP contribution in [0.5, 0.6) is 0 Å². The predicted molar refractivity (Wildman–Crippen MR) is 128 cm³/mol. The molecule has 1 fully saturated rings. The molecule has 158 valence electrons. The first kappa shape index (κ1) is 23.6. The van der Waals surface area contributed by atoms with E-state index < -0.39 is 10.0 Å². The van der Waals surface area contributed by atoms with Crippen molar-refractivity contribution < 1.29 is 8.42 Å². The molecule has 0 atom stereocenters. The summed E-state index contributed by atoms with van der Waals surface area (Å²) in [5.74, 6) is 0.712. The van der Waals surface area contributed by atoms with Gasteiger partial charge in [0.2, 0.25) is 10.0 Å². The first-order valence-electron chi connectivity index (χ1n) is 9.52. The minimum Gasteiger partial charge on any atom is -0.356 e. The zero-order valence-corrected chi connectivity index (χ0v) is 20.0. The second-order valence-corrected chi connectivity index (χ2v) is 9.02. The zero-order valence-electron chi connectivity index (χ0n) is 16.8. The molecule has 29 heavy (non-hydrogen) atoms. The third-order valence-electron chi connectivity index (χ3n) is 5.45. The second-order valence-electron chi connectivity index (χ2n) is 7.13. The van der Waals surface area contributed by atoms with Gasteiger partial charge in [-0.25, -0.2) is 13.1 Å². The molecule has 0 bridgehead atoms. The van der Waals surface area contributed by atoms with Gasteiger partial charge >= 0.3 is 0 Å². The fourth-order valence-electron chi connectivity index (χ4n) is 3.56. The van der Waals surface area contributed by atoms with Gasteiger partial charge in [-0.3, -0.25) is 4.99 Å². The number of guanidine groups is 1. The van der Waals surface area contributed by atoms with E-state index in [0.717, 1.165) is 12.1 Å². The molecule has 6 nitrogen and oxygen atoms in total. The molecule has 1 saturated carbocycles. The maximum absolute atomic E-state index is 12.0. The highest BCUT2D eigenvalue weighted by atomic mass is 127. The second kappa shape index (κ2) is 10.4. The van der Waals surface area contributed by atoms with Crippen molar-refractivity contribution in [2.45, 2.75) is 36.1 Å². The summed E-state index contributed by atoms with van der Waals surface area (Å²) < 4.78 is 26.3. The lowest BCUT2D eigenvalue weighted by Gasteiger charge is -2.43. The molecule has 0 aromatic heterocycles. The van der Waals surface area contributed by atoms with Crippen molar-refractivity contribution in [2.75, 3.05) is 20.6 Å². The number of halogens is 1. The molecule has 8 heteroatoms. The number of rotatable bonds is 7. The van der Waals surface area contributed by atoms with Gasteiger partial charge in [0, 0.05) is 25.6 Å². The summed E-state index contributed by atoms with van der Waals surface area (Å²) in [4.78, 5) is 4.57. The third-order valence-corrected chi connectivity index (χ3v) is 6.86. The van der Waals surface area contributed by atoms with Gasteiger partial charge in [-0.05, 0) is 43.1 Å². The van der Waals surface area contributed by atoms with E-state index in [0.29, 0.717) is 12.5 Å². The molecule has 0 spiro atoms. The van der Waals surface area contributed by atoms with E-state index in [9.17, 15) is 8.42 Å². The van der Waals surface area contributed by atoms with Crippen molar-refractivity contribution >= 4 is 40.0 Å². The molecular formula is C21H29IN4O2S. The van der Waals surface area contributed by atoms with E-state index >= 15 is 0 Å². The number of nitrogens with zero attached hydrogens (tertiary/aromatic N) is 1. The van der Waals surface area contributed by atoms with E-state index in [1.807, 2.05) is 12.1 Å². The molecule has 0 amide bonds. The Hall–Kier alpha value is -1.65. The van der Waals surface area contributed by atoms with Crippen LogP contribution in [0.2, 0.25) is 0 Å². The van der Waals surface area contributed by atoms with Gasteiger partial charge in [0.1, 0.15) is 0 Å². The normalized spacial score (nSPS) is 15.7. The molecule has 0 radical (unpaired) electrons. The first-order valence-corrected chi connectivity index (χ1v) is 11.0. The average molecular weight is 528 g/mol. The van der Waals surface area contributed by atoms with Crippen molar-refractivity contribution in [1.82, 2.24) is 15.4 Å². The molecule has 2 aromatic carbocycles. The Morgan fingerprint density at radius 3 is 2.38 bits per heavy atom. The molecule has 3 rings (SSSR count). The van der Waals surface area contributed by atoms with Gasteiger partial charge in [-0.2, -0.15) is 0 Å². The highest BCUT2D eigenvalue weighted by Gasteiger charge is 2.38. The van der Waals surface area contributed by atoms with Crippen LogP contribution in [0.3, 0.4) is 0 Å². The standard InChI is InChI=1S/C21H28N4O2S.HI/c1-22-20(24-15-17-8-6-11-19(14-17)28(26,27)23-2)25-16-21(12-7-13-21)18-9-4-3-5-10-18;/h3-6,8-11,14,23H,7,12-13,15-16H2,1-2H3,(H2,22,24,25);1H. The molecule has 0 unspecified atom stereocenters. The van der Waals surface area contributed by atoms with Crippen LogP contribution in [0.1, 0.15) is 30.4 Å². The Morgan fingerprint density at radius 1 is 1.07 bits per heavy atom. The highest BCUT2D eigenvalue weighted by molar-refractivity contribution is 14.0. The molecule has 2 aromatic rings. The van der Waals surface area contributed by atoms with Crippen molar-refractivity contribution in [2.24, 2.45) is 4.99 Å². The van der Waals surface area contributed by atoms with Gasteiger partial charge in [0.15, 0.2) is 5.96 Å². The van der Waals surface area contributed by atoms with E-state index in [2.05, 4.69) is 44.6 Å². The number of hydrogen-bond acceptors (Lipinski definition) is 3. The van der Waals surface area contributed by atoms with Crippen LogP contribution < -0.4 is 15.4 Å². The van der Waals surface area contributed by atoms with Crippen molar-refractivity contribution in [3.63, 3.8) is 0 Å². The molecule has 0 aliphatic heterocycles. The fourth-order valence-corrected chi connectivity index (χ4v) is 4.36. The minimum absolute atomic E-state index is 0. The molecule has 3 N–H and O–H groups in total. The Bertz CT molecular complexity index is 929. The van der Waals surface area contributed by atoms with Gasteiger partial charge in [-0.1, -0.05) is 48.9 Å². The van der Waals surface area contributed by atoms with Crippen LogP contribution in [0.15, 0.2) is 64.5 Å². The number of aliphatic imine (C=N–C) groups is 1. The Labute approximate surface area is 190 Å². The van der Waals surface area contributed by atoms with E-state index in [1.54, 1.807) is 25.2 Å². The average Bonchev–Trinajstić information content (AvgIpc) is 2.70. The number of hydrogen-bond donors (Lipinski definition) is 3. The van der Waals surface area contributed by atoms with Crippen molar-refractivity contribution in [3.8, 4) is 0 Å². The Balaban J connectivity index is 0.00000300. The number of nitrogens with one attached hydrogen (secondary N) is 3. The summed E-state index contributed by atoms with van der Waals surface area (Å²) >= 11 is 0. The third kappa shape index (κ3) is 5.70. The Morgan fingerprint density at radius 2 is 1.79 bits per heavy atom. The summed E-state index contributed by atoms with van der Waals surface area (Å²) in [6, 6.07) is 17.5. The lowest BCUT2D eigenvalue weighted by molar-refractivity contribution is 0.244.